The van der Waals surface area contributed by atoms with Gasteiger partial charge in [-0.25, -0.2) is 0 Å². The van der Waals surface area contributed by atoms with Crippen LogP contribution in [0.2, 0.25) is 0 Å². The van der Waals surface area contributed by atoms with Crippen molar-refractivity contribution < 1.29 is 9.52 Å². The van der Waals surface area contributed by atoms with Gasteiger partial charge in [-0.3, -0.25) is 4.68 Å². The molecule has 0 aliphatic rings. The summed E-state index contributed by atoms with van der Waals surface area (Å²) in [6.07, 6.45) is 5.30. The lowest BCUT2D eigenvalue weighted by Crippen LogP contribution is -2.12. The standard InChI is InChI=1S/C14H20N2O2/c1-11(2)16-8-7-12(15-16)10-13(17)5-6-14-4-3-9-18-14/h3-4,7-9,11,13,17H,5-6,10H2,1-2H3. The van der Waals surface area contributed by atoms with Gasteiger partial charge in [0.15, 0.2) is 0 Å². The van der Waals surface area contributed by atoms with E-state index in [9.17, 15) is 5.11 Å². The van der Waals surface area contributed by atoms with E-state index in [0.29, 0.717) is 18.9 Å². The number of aryl methyl sites for hydroxylation is 1. The summed E-state index contributed by atoms with van der Waals surface area (Å²) < 4.78 is 7.15. The van der Waals surface area contributed by atoms with Crippen molar-refractivity contribution in [2.75, 3.05) is 0 Å². The van der Waals surface area contributed by atoms with Crippen LogP contribution in [0.1, 0.15) is 37.8 Å². The first-order valence-electron chi connectivity index (χ1n) is 6.39. The quantitative estimate of drug-likeness (QED) is 0.854. The van der Waals surface area contributed by atoms with Crippen molar-refractivity contribution in [2.45, 2.75) is 45.3 Å². The number of aliphatic hydroxyl groups is 1. The monoisotopic (exact) mass is 248 g/mol. The van der Waals surface area contributed by atoms with E-state index in [2.05, 4.69) is 18.9 Å². The topological polar surface area (TPSA) is 51.2 Å². The molecule has 0 aliphatic carbocycles. The maximum absolute atomic E-state index is 9.96. The molecule has 2 rings (SSSR count). The molecule has 1 N–H and O–H groups in total. The molecule has 0 spiro atoms. The van der Waals surface area contributed by atoms with E-state index in [0.717, 1.165) is 17.9 Å². The molecule has 98 valence electrons. The minimum absolute atomic E-state index is 0.360. The molecule has 0 saturated carbocycles. The lowest BCUT2D eigenvalue weighted by molar-refractivity contribution is 0.161. The number of aromatic nitrogens is 2. The minimum atomic E-state index is -0.370. The number of aliphatic hydroxyl groups excluding tert-OH is 1. The summed E-state index contributed by atoms with van der Waals surface area (Å²) in [6.45, 7) is 4.17. The molecule has 2 heterocycles. The second-order valence-corrected chi connectivity index (χ2v) is 4.86. The van der Waals surface area contributed by atoms with Gasteiger partial charge in [-0.2, -0.15) is 5.10 Å². The number of hydrogen-bond acceptors (Lipinski definition) is 3. The van der Waals surface area contributed by atoms with Crippen LogP contribution in [0.5, 0.6) is 0 Å². The average Bonchev–Trinajstić information content (AvgIpc) is 2.96. The SMILES string of the molecule is CC(C)n1ccc(CC(O)CCc2ccco2)n1. The normalized spacial score (nSPS) is 13.1. The Labute approximate surface area is 107 Å². The highest BCUT2D eigenvalue weighted by Crippen LogP contribution is 2.10. The van der Waals surface area contributed by atoms with Crippen molar-refractivity contribution in [1.82, 2.24) is 9.78 Å². The summed E-state index contributed by atoms with van der Waals surface area (Å²) >= 11 is 0. The second-order valence-electron chi connectivity index (χ2n) is 4.86. The van der Waals surface area contributed by atoms with Crippen LogP contribution in [-0.2, 0) is 12.8 Å². The Kier molecular flexibility index (Phi) is 4.20. The van der Waals surface area contributed by atoms with Crippen LogP contribution in [0, 0.1) is 0 Å². The van der Waals surface area contributed by atoms with E-state index in [1.807, 2.05) is 29.1 Å². The van der Waals surface area contributed by atoms with Gasteiger partial charge in [-0.1, -0.05) is 0 Å². The van der Waals surface area contributed by atoms with Gasteiger partial charge in [-0.15, -0.1) is 0 Å². The van der Waals surface area contributed by atoms with E-state index in [1.165, 1.54) is 0 Å². The fourth-order valence-electron chi connectivity index (χ4n) is 1.88. The summed E-state index contributed by atoms with van der Waals surface area (Å²) in [7, 11) is 0. The number of nitrogens with zero attached hydrogens (tertiary/aromatic N) is 2. The molecular weight excluding hydrogens is 228 g/mol. The van der Waals surface area contributed by atoms with Gasteiger partial charge in [-0.05, 0) is 38.5 Å². The molecule has 0 saturated heterocycles. The van der Waals surface area contributed by atoms with Crippen molar-refractivity contribution in [1.29, 1.82) is 0 Å². The third kappa shape index (κ3) is 3.47. The van der Waals surface area contributed by atoms with E-state index in [-0.39, 0.29) is 6.10 Å². The summed E-state index contributed by atoms with van der Waals surface area (Å²) in [4.78, 5) is 0. The predicted octanol–water partition coefficient (Wildman–Crippen LogP) is 2.59. The maximum atomic E-state index is 9.96. The lowest BCUT2D eigenvalue weighted by atomic mass is 10.1. The first-order valence-corrected chi connectivity index (χ1v) is 6.39. The van der Waals surface area contributed by atoms with Crippen molar-refractivity contribution in [3.05, 3.63) is 42.1 Å². The Morgan fingerprint density at radius 1 is 1.39 bits per heavy atom. The first-order chi connectivity index (χ1) is 8.65. The summed E-state index contributed by atoms with van der Waals surface area (Å²) in [5.41, 5.74) is 0.940. The molecule has 2 aromatic heterocycles. The third-order valence-electron chi connectivity index (χ3n) is 2.94. The van der Waals surface area contributed by atoms with Gasteiger partial charge in [0.1, 0.15) is 5.76 Å². The number of rotatable bonds is 6. The first kappa shape index (κ1) is 12.9. The molecule has 0 fully saturated rings. The smallest absolute Gasteiger partial charge is 0.103 e. The molecule has 0 radical (unpaired) electrons. The van der Waals surface area contributed by atoms with Gasteiger partial charge < -0.3 is 9.52 Å². The number of hydrogen-bond donors (Lipinski definition) is 1. The third-order valence-corrected chi connectivity index (χ3v) is 2.94. The van der Waals surface area contributed by atoms with E-state index in [4.69, 9.17) is 4.42 Å². The Morgan fingerprint density at radius 3 is 2.83 bits per heavy atom. The van der Waals surface area contributed by atoms with Crippen LogP contribution in [0.15, 0.2) is 35.1 Å². The van der Waals surface area contributed by atoms with E-state index in [1.54, 1.807) is 6.26 Å². The number of furan rings is 1. The fraction of sp³-hybridized carbons (Fsp3) is 0.500. The second kappa shape index (κ2) is 5.87. The van der Waals surface area contributed by atoms with Gasteiger partial charge in [0.25, 0.3) is 0 Å². The van der Waals surface area contributed by atoms with Gasteiger partial charge >= 0.3 is 0 Å². The Morgan fingerprint density at radius 2 is 2.22 bits per heavy atom. The van der Waals surface area contributed by atoms with Crippen molar-refractivity contribution >= 4 is 0 Å². The van der Waals surface area contributed by atoms with Crippen molar-refractivity contribution in [3.8, 4) is 0 Å². The molecular formula is C14H20N2O2. The highest BCUT2D eigenvalue weighted by atomic mass is 16.3. The summed E-state index contributed by atoms with van der Waals surface area (Å²) in [5.74, 6) is 0.918. The van der Waals surface area contributed by atoms with Crippen molar-refractivity contribution in [2.24, 2.45) is 0 Å². The molecule has 18 heavy (non-hydrogen) atoms. The average molecular weight is 248 g/mol. The molecule has 1 unspecified atom stereocenters. The zero-order chi connectivity index (χ0) is 13.0. The van der Waals surface area contributed by atoms with Gasteiger partial charge in [0.2, 0.25) is 0 Å². The van der Waals surface area contributed by atoms with E-state index < -0.39 is 0 Å². The molecule has 0 bridgehead atoms. The molecule has 1 atom stereocenters. The Bertz CT molecular complexity index is 460. The summed E-state index contributed by atoms with van der Waals surface area (Å²) in [5, 5.41) is 14.4. The van der Waals surface area contributed by atoms with Crippen LogP contribution < -0.4 is 0 Å². The van der Waals surface area contributed by atoms with E-state index >= 15 is 0 Å². The van der Waals surface area contributed by atoms with Crippen LogP contribution >= 0.6 is 0 Å². The highest BCUT2D eigenvalue weighted by molar-refractivity contribution is 5.02. The zero-order valence-corrected chi connectivity index (χ0v) is 10.9. The predicted molar refractivity (Wildman–Crippen MR) is 69.4 cm³/mol. The largest absolute Gasteiger partial charge is 0.469 e. The minimum Gasteiger partial charge on any atom is -0.469 e. The van der Waals surface area contributed by atoms with Crippen LogP contribution in [0.4, 0.5) is 0 Å². The zero-order valence-electron chi connectivity index (χ0n) is 10.9. The highest BCUT2D eigenvalue weighted by Gasteiger charge is 2.10. The Balaban J connectivity index is 1.81. The van der Waals surface area contributed by atoms with Crippen molar-refractivity contribution in [3.63, 3.8) is 0 Å². The molecule has 0 amide bonds. The van der Waals surface area contributed by atoms with Crippen LogP contribution in [-0.4, -0.2) is 21.0 Å². The molecule has 0 aromatic carbocycles. The van der Waals surface area contributed by atoms with Gasteiger partial charge in [0, 0.05) is 25.1 Å². The molecule has 0 aliphatic heterocycles. The Hall–Kier alpha value is -1.55. The lowest BCUT2D eigenvalue weighted by Gasteiger charge is -2.08. The van der Waals surface area contributed by atoms with Crippen LogP contribution in [0.25, 0.3) is 0 Å². The van der Waals surface area contributed by atoms with Crippen LogP contribution in [0.3, 0.4) is 0 Å². The molecule has 2 aromatic rings. The fourth-order valence-corrected chi connectivity index (χ4v) is 1.88. The maximum Gasteiger partial charge on any atom is 0.103 e. The molecule has 4 nitrogen and oxygen atoms in total. The van der Waals surface area contributed by atoms with Gasteiger partial charge in [0.05, 0.1) is 18.1 Å². The molecule has 4 heteroatoms. The summed E-state index contributed by atoms with van der Waals surface area (Å²) in [6, 6.07) is 6.13.